The molecule has 3 nitrogen and oxygen atoms in total. The Kier molecular flexibility index (Phi) is 2.78. The maximum Gasteiger partial charge on any atom is 0.280 e. The summed E-state index contributed by atoms with van der Waals surface area (Å²) in [5.74, 6) is 0.210. The van der Waals surface area contributed by atoms with Crippen LogP contribution in [0.3, 0.4) is 0 Å². The van der Waals surface area contributed by atoms with E-state index in [4.69, 9.17) is 0 Å². The van der Waals surface area contributed by atoms with Crippen LogP contribution in [0.5, 0.6) is 0 Å². The van der Waals surface area contributed by atoms with Crippen molar-refractivity contribution in [2.75, 3.05) is 20.6 Å². The summed E-state index contributed by atoms with van der Waals surface area (Å²) in [5, 5.41) is 2.46. The largest absolute Gasteiger partial charge is 0.344 e. The summed E-state index contributed by atoms with van der Waals surface area (Å²) in [7, 11) is 3.59. The molecular formula is C7H15N2OS+. The van der Waals surface area contributed by atoms with Gasteiger partial charge in [0.05, 0.1) is 11.8 Å². The molecule has 4 heteroatoms. The van der Waals surface area contributed by atoms with Gasteiger partial charge in [-0.1, -0.05) is 0 Å². The zero-order chi connectivity index (χ0) is 8.43. The van der Waals surface area contributed by atoms with Crippen molar-refractivity contribution in [2.24, 2.45) is 0 Å². The lowest BCUT2D eigenvalue weighted by molar-refractivity contribution is -0.657. The predicted octanol–water partition coefficient (Wildman–Crippen LogP) is -1.29. The molecule has 0 aromatic heterocycles. The predicted molar refractivity (Wildman–Crippen MR) is 46.7 cm³/mol. The van der Waals surface area contributed by atoms with E-state index in [0.29, 0.717) is 5.25 Å². The van der Waals surface area contributed by atoms with Gasteiger partial charge in [-0.2, -0.15) is 12.6 Å². The molecule has 2 unspecified atom stereocenters. The highest BCUT2D eigenvalue weighted by Crippen LogP contribution is 2.07. The Morgan fingerprint density at radius 3 is 2.64 bits per heavy atom. The minimum Gasteiger partial charge on any atom is -0.344 e. The molecule has 1 aliphatic rings. The molecule has 0 aliphatic carbocycles. The molecule has 0 spiro atoms. The van der Waals surface area contributed by atoms with Crippen LogP contribution in [0.2, 0.25) is 0 Å². The maximum absolute atomic E-state index is 11.4. The summed E-state index contributed by atoms with van der Waals surface area (Å²) in [6, 6.07) is 0.118. The highest BCUT2D eigenvalue weighted by molar-refractivity contribution is 7.81. The topological polar surface area (TPSA) is 36.9 Å². The van der Waals surface area contributed by atoms with Crippen molar-refractivity contribution in [1.82, 2.24) is 4.90 Å². The summed E-state index contributed by atoms with van der Waals surface area (Å²) in [6.07, 6.45) is 0.903. The fourth-order valence-electron chi connectivity index (χ4n) is 1.34. The Morgan fingerprint density at radius 2 is 2.27 bits per heavy atom. The van der Waals surface area contributed by atoms with Crippen LogP contribution in [0.25, 0.3) is 0 Å². The summed E-state index contributed by atoms with van der Waals surface area (Å²) >= 11 is 4.31. The van der Waals surface area contributed by atoms with Crippen LogP contribution < -0.4 is 5.32 Å². The molecule has 1 amide bonds. The van der Waals surface area contributed by atoms with Crippen molar-refractivity contribution in [1.29, 1.82) is 0 Å². The van der Waals surface area contributed by atoms with Gasteiger partial charge < -0.3 is 10.2 Å². The number of hydrogen-bond donors (Lipinski definition) is 2. The second-order valence-corrected chi connectivity index (χ2v) is 3.93. The van der Waals surface area contributed by atoms with Gasteiger partial charge in [-0.15, -0.1) is 0 Å². The molecule has 1 saturated heterocycles. The molecule has 0 saturated carbocycles. The van der Waals surface area contributed by atoms with Crippen LogP contribution in [0.15, 0.2) is 0 Å². The first-order chi connectivity index (χ1) is 5.11. The van der Waals surface area contributed by atoms with Crippen molar-refractivity contribution < 1.29 is 10.1 Å². The van der Waals surface area contributed by atoms with E-state index < -0.39 is 0 Å². The molecule has 0 bridgehead atoms. The first-order valence-corrected chi connectivity index (χ1v) is 4.35. The molecule has 2 atom stereocenters. The molecule has 1 rings (SSSR count). The highest BCUT2D eigenvalue weighted by atomic mass is 32.1. The number of likely N-dealkylation sites (N-methyl/N-ethyl adjacent to an activating group) is 1. The van der Waals surface area contributed by atoms with Gasteiger partial charge in [0.2, 0.25) is 0 Å². The van der Waals surface area contributed by atoms with Gasteiger partial charge in [-0.3, -0.25) is 4.79 Å². The molecule has 0 aromatic rings. The first-order valence-electron chi connectivity index (χ1n) is 3.84. The average molecular weight is 175 g/mol. The fourth-order valence-corrected chi connectivity index (χ4v) is 1.69. The Bertz CT molecular complexity index is 161. The molecule has 0 aromatic carbocycles. The van der Waals surface area contributed by atoms with Crippen molar-refractivity contribution in [3.63, 3.8) is 0 Å². The zero-order valence-corrected chi connectivity index (χ0v) is 7.84. The van der Waals surface area contributed by atoms with E-state index in [9.17, 15) is 4.79 Å². The molecule has 0 radical (unpaired) electrons. The second kappa shape index (κ2) is 3.45. The van der Waals surface area contributed by atoms with E-state index in [1.165, 1.54) is 0 Å². The Labute approximate surface area is 72.5 Å². The van der Waals surface area contributed by atoms with Crippen LogP contribution in [0, 0.1) is 0 Å². The van der Waals surface area contributed by atoms with Crippen LogP contribution >= 0.6 is 12.6 Å². The number of amides is 1. The van der Waals surface area contributed by atoms with Crippen LogP contribution in [-0.4, -0.2) is 42.7 Å². The second-order valence-electron chi connectivity index (χ2n) is 3.20. The van der Waals surface area contributed by atoms with E-state index >= 15 is 0 Å². The highest BCUT2D eigenvalue weighted by Gasteiger charge is 2.32. The number of carbonyl (C=O) groups excluding carboxylic acids is 1. The minimum absolute atomic E-state index is 0.118. The van der Waals surface area contributed by atoms with Gasteiger partial charge in [-0.25, -0.2) is 0 Å². The van der Waals surface area contributed by atoms with Crippen molar-refractivity contribution in [3.05, 3.63) is 0 Å². The summed E-state index contributed by atoms with van der Waals surface area (Å²) < 4.78 is 0. The summed E-state index contributed by atoms with van der Waals surface area (Å²) in [5.41, 5.74) is 0. The number of quaternary nitrogens is 1. The molecular weight excluding hydrogens is 160 g/mol. The third-order valence-electron chi connectivity index (χ3n) is 1.98. The zero-order valence-electron chi connectivity index (χ0n) is 6.95. The normalized spacial score (nSPS) is 30.5. The van der Waals surface area contributed by atoms with Gasteiger partial charge in [-0.05, 0) is 0 Å². The Balaban J connectivity index is 2.43. The summed E-state index contributed by atoms with van der Waals surface area (Å²) in [4.78, 5) is 13.0. The number of nitrogens with two attached hydrogens (primary N) is 1. The first kappa shape index (κ1) is 8.87. The van der Waals surface area contributed by atoms with Crippen molar-refractivity contribution in [2.45, 2.75) is 17.7 Å². The van der Waals surface area contributed by atoms with Crippen molar-refractivity contribution in [3.8, 4) is 0 Å². The Morgan fingerprint density at radius 1 is 1.64 bits per heavy atom. The smallest absolute Gasteiger partial charge is 0.280 e. The van der Waals surface area contributed by atoms with E-state index in [0.717, 1.165) is 13.0 Å². The maximum atomic E-state index is 11.4. The SMILES string of the molecule is CN(C)C(=O)C1CC(S)C[NH2+]1. The lowest BCUT2D eigenvalue weighted by Crippen LogP contribution is -2.89. The quantitative estimate of drug-likeness (QED) is 0.478. The van der Waals surface area contributed by atoms with Gasteiger partial charge in [0.15, 0.2) is 6.04 Å². The molecule has 64 valence electrons. The molecule has 11 heavy (non-hydrogen) atoms. The lowest BCUT2D eigenvalue weighted by atomic mass is 10.2. The number of carbonyl (C=O) groups is 1. The van der Waals surface area contributed by atoms with Gasteiger partial charge in [0.1, 0.15) is 0 Å². The van der Waals surface area contributed by atoms with E-state index in [1.807, 2.05) is 0 Å². The number of hydrogen-bond acceptors (Lipinski definition) is 2. The van der Waals surface area contributed by atoms with Crippen LogP contribution in [-0.2, 0) is 4.79 Å². The van der Waals surface area contributed by atoms with E-state index in [2.05, 4.69) is 17.9 Å². The van der Waals surface area contributed by atoms with Crippen LogP contribution in [0.1, 0.15) is 6.42 Å². The van der Waals surface area contributed by atoms with Crippen LogP contribution in [0.4, 0.5) is 0 Å². The monoisotopic (exact) mass is 175 g/mol. The average Bonchev–Trinajstić information content (AvgIpc) is 2.34. The van der Waals surface area contributed by atoms with Crippen molar-refractivity contribution >= 4 is 18.5 Å². The van der Waals surface area contributed by atoms with Gasteiger partial charge in [0, 0.05) is 20.5 Å². The standard InChI is InChI=1S/C7H14N2OS/c1-9(2)7(10)6-3-5(11)4-8-6/h5-6,8,11H,3-4H2,1-2H3/p+1. The number of rotatable bonds is 1. The summed E-state index contributed by atoms with van der Waals surface area (Å²) in [6.45, 7) is 0.966. The third kappa shape index (κ3) is 2.10. The van der Waals surface area contributed by atoms with Gasteiger partial charge in [0.25, 0.3) is 5.91 Å². The fraction of sp³-hybridized carbons (Fsp3) is 0.857. The van der Waals surface area contributed by atoms with E-state index in [1.54, 1.807) is 19.0 Å². The molecule has 2 N–H and O–H groups in total. The van der Waals surface area contributed by atoms with E-state index in [-0.39, 0.29) is 11.9 Å². The van der Waals surface area contributed by atoms with Gasteiger partial charge >= 0.3 is 0 Å². The molecule has 1 fully saturated rings. The molecule has 1 aliphatic heterocycles. The number of nitrogens with zero attached hydrogens (tertiary/aromatic N) is 1. The number of thiol groups is 1. The lowest BCUT2D eigenvalue weighted by Gasteiger charge is -2.12. The third-order valence-corrected chi connectivity index (χ3v) is 2.40. The minimum atomic E-state index is 0.118. The Hall–Kier alpha value is -0.220. The molecule has 1 heterocycles.